The maximum Gasteiger partial charge on any atom is 0.127 e. The average molecular weight is 213 g/mol. The van der Waals surface area contributed by atoms with E-state index in [1.54, 1.807) is 24.3 Å². The van der Waals surface area contributed by atoms with Crippen molar-refractivity contribution in [3.63, 3.8) is 0 Å². The van der Waals surface area contributed by atoms with Gasteiger partial charge in [-0.3, -0.25) is 0 Å². The second-order valence-electron chi connectivity index (χ2n) is 2.93. The van der Waals surface area contributed by atoms with E-state index in [1.807, 2.05) is 6.92 Å². The van der Waals surface area contributed by atoms with Crippen molar-refractivity contribution >= 4 is 11.6 Å². The molecule has 0 saturated carbocycles. The van der Waals surface area contributed by atoms with Gasteiger partial charge in [-0.2, -0.15) is 0 Å². The van der Waals surface area contributed by atoms with Crippen LogP contribution in [0.2, 0.25) is 5.02 Å². The fraction of sp³-hybridized carbons (Fsp3) is 0.273. The maximum atomic E-state index is 9.09. The molecule has 0 bridgehead atoms. The molecule has 0 aromatic heterocycles. The quantitative estimate of drug-likeness (QED) is 0.778. The number of aliphatic hydroxyl groups is 1. The lowest BCUT2D eigenvalue weighted by Gasteiger charge is -2.14. The molecule has 1 unspecified atom stereocenters. The number of hydrogen-bond acceptors (Lipinski definition) is 2. The highest BCUT2D eigenvalue weighted by Crippen LogP contribution is 2.27. The molecule has 14 heavy (non-hydrogen) atoms. The summed E-state index contributed by atoms with van der Waals surface area (Å²) in [4.78, 5) is 0. The van der Waals surface area contributed by atoms with E-state index in [9.17, 15) is 0 Å². The van der Waals surface area contributed by atoms with Gasteiger partial charge >= 0.3 is 0 Å². The summed E-state index contributed by atoms with van der Waals surface area (Å²) < 4.78 is 5.50. The molecule has 1 rings (SSSR count). The fourth-order valence-electron chi connectivity index (χ4n) is 1.05. The molecule has 1 aromatic carbocycles. The summed E-state index contributed by atoms with van der Waals surface area (Å²) in [5.41, 5.74) is 0.614. The van der Waals surface area contributed by atoms with Crippen molar-refractivity contribution in [3.8, 4) is 5.75 Å². The molecular formula is C11H13ClO2. The van der Waals surface area contributed by atoms with Crippen LogP contribution in [0.1, 0.15) is 12.5 Å². The number of hydrogen-bond donors (Lipinski definition) is 1. The minimum absolute atomic E-state index is 0.0984. The Bertz CT molecular complexity index is 323. The lowest BCUT2D eigenvalue weighted by Crippen LogP contribution is -2.09. The minimum atomic E-state index is -0.126. The number of halogens is 1. The first kappa shape index (κ1) is 11.1. The van der Waals surface area contributed by atoms with Crippen molar-refractivity contribution in [3.05, 3.63) is 41.4 Å². The van der Waals surface area contributed by atoms with Crippen molar-refractivity contribution < 1.29 is 9.84 Å². The normalized spacial score (nSPS) is 12.2. The van der Waals surface area contributed by atoms with Gasteiger partial charge in [-0.15, -0.1) is 0 Å². The SMILES string of the molecule is C=CC(C)Oc1cccc(Cl)c1CO. The van der Waals surface area contributed by atoms with E-state index in [0.717, 1.165) is 0 Å². The van der Waals surface area contributed by atoms with Crippen LogP contribution < -0.4 is 4.74 Å². The molecule has 0 fully saturated rings. The molecule has 1 atom stereocenters. The number of ether oxygens (including phenoxy) is 1. The van der Waals surface area contributed by atoms with Crippen molar-refractivity contribution in [2.75, 3.05) is 0 Å². The highest BCUT2D eigenvalue weighted by molar-refractivity contribution is 6.31. The zero-order valence-corrected chi connectivity index (χ0v) is 8.79. The number of benzene rings is 1. The Morgan fingerprint density at radius 2 is 2.36 bits per heavy atom. The van der Waals surface area contributed by atoms with Crippen LogP contribution in [-0.4, -0.2) is 11.2 Å². The van der Waals surface area contributed by atoms with Crippen LogP contribution in [0.15, 0.2) is 30.9 Å². The highest BCUT2D eigenvalue weighted by Gasteiger charge is 2.08. The summed E-state index contributed by atoms with van der Waals surface area (Å²) in [6.45, 7) is 5.36. The summed E-state index contributed by atoms with van der Waals surface area (Å²) in [7, 11) is 0. The lowest BCUT2D eigenvalue weighted by molar-refractivity contribution is 0.244. The first-order chi connectivity index (χ1) is 6.69. The third-order valence-electron chi connectivity index (χ3n) is 1.88. The van der Waals surface area contributed by atoms with Crippen LogP contribution in [0.3, 0.4) is 0 Å². The van der Waals surface area contributed by atoms with Crippen molar-refractivity contribution in [1.82, 2.24) is 0 Å². The first-order valence-corrected chi connectivity index (χ1v) is 4.74. The van der Waals surface area contributed by atoms with E-state index in [-0.39, 0.29) is 12.7 Å². The molecule has 0 aliphatic heterocycles. The van der Waals surface area contributed by atoms with Gasteiger partial charge in [-0.05, 0) is 19.1 Å². The molecule has 0 radical (unpaired) electrons. The molecule has 0 heterocycles. The molecule has 3 heteroatoms. The third kappa shape index (κ3) is 2.50. The van der Waals surface area contributed by atoms with E-state index < -0.39 is 0 Å². The molecule has 1 aromatic rings. The summed E-state index contributed by atoms with van der Waals surface area (Å²) in [5.74, 6) is 0.604. The molecular weight excluding hydrogens is 200 g/mol. The van der Waals surface area contributed by atoms with Crippen molar-refractivity contribution in [2.24, 2.45) is 0 Å². The van der Waals surface area contributed by atoms with E-state index in [2.05, 4.69) is 6.58 Å². The summed E-state index contributed by atoms with van der Waals surface area (Å²) in [5, 5.41) is 9.61. The molecule has 0 spiro atoms. The van der Waals surface area contributed by atoms with E-state index in [0.29, 0.717) is 16.3 Å². The Kier molecular flexibility index (Phi) is 3.98. The molecule has 0 aliphatic rings. The van der Waals surface area contributed by atoms with Gasteiger partial charge in [0.2, 0.25) is 0 Å². The van der Waals surface area contributed by atoms with Gasteiger partial charge in [0.15, 0.2) is 0 Å². The Morgan fingerprint density at radius 1 is 1.64 bits per heavy atom. The summed E-state index contributed by atoms with van der Waals surface area (Å²) in [6, 6.07) is 5.28. The highest BCUT2D eigenvalue weighted by atomic mass is 35.5. The van der Waals surface area contributed by atoms with Gasteiger partial charge in [0, 0.05) is 10.6 Å². The fourth-order valence-corrected chi connectivity index (χ4v) is 1.28. The largest absolute Gasteiger partial charge is 0.486 e. The van der Waals surface area contributed by atoms with Crippen LogP contribution >= 0.6 is 11.6 Å². The van der Waals surface area contributed by atoms with Crippen LogP contribution in [0.25, 0.3) is 0 Å². The molecule has 2 nitrogen and oxygen atoms in total. The Balaban J connectivity index is 2.95. The predicted octanol–water partition coefficient (Wildman–Crippen LogP) is 2.79. The topological polar surface area (TPSA) is 29.5 Å². The van der Waals surface area contributed by atoms with E-state index >= 15 is 0 Å². The van der Waals surface area contributed by atoms with Crippen LogP contribution in [-0.2, 0) is 6.61 Å². The maximum absolute atomic E-state index is 9.09. The van der Waals surface area contributed by atoms with E-state index in [1.165, 1.54) is 0 Å². The minimum Gasteiger partial charge on any atom is -0.486 e. The lowest BCUT2D eigenvalue weighted by atomic mass is 10.2. The Hall–Kier alpha value is -0.990. The zero-order chi connectivity index (χ0) is 10.6. The van der Waals surface area contributed by atoms with Gasteiger partial charge in [0.1, 0.15) is 11.9 Å². The standard InChI is InChI=1S/C11H13ClO2/c1-3-8(2)14-11-6-4-5-10(12)9(11)7-13/h3-6,8,13H,1,7H2,2H3. The molecule has 1 N–H and O–H groups in total. The zero-order valence-electron chi connectivity index (χ0n) is 8.03. The van der Waals surface area contributed by atoms with Crippen LogP contribution in [0.4, 0.5) is 0 Å². The molecule has 0 amide bonds. The monoisotopic (exact) mass is 212 g/mol. The summed E-state index contributed by atoms with van der Waals surface area (Å²) >= 11 is 5.89. The summed E-state index contributed by atoms with van der Waals surface area (Å²) in [6.07, 6.45) is 1.58. The van der Waals surface area contributed by atoms with Crippen LogP contribution in [0, 0.1) is 0 Å². The average Bonchev–Trinajstić information content (AvgIpc) is 2.18. The Labute approximate surface area is 88.8 Å². The van der Waals surface area contributed by atoms with Crippen molar-refractivity contribution in [2.45, 2.75) is 19.6 Å². The molecule has 0 aliphatic carbocycles. The van der Waals surface area contributed by atoms with Gasteiger partial charge < -0.3 is 9.84 Å². The Morgan fingerprint density at radius 3 is 2.93 bits per heavy atom. The van der Waals surface area contributed by atoms with Gasteiger partial charge in [0.05, 0.1) is 6.61 Å². The van der Waals surface area contributed by atoms with Gasteiger partial charge in [0.25, 0.3) is 0 Å². The number of rotatable bonds is 4. The second kappa shape index (κ2) is 5.03. The van der Waals surface area contributed by atoms with Crippen LogP contribution in [0.5, 0.6) is 5.75 Å². The van der Waals surface area contributed by atoms with Crippen molar-refractivity contribution in [1.29, 1.82) is 0 Å². The smallest absolute Gasteiger partial charge is 0.127 e. The third-order valence-corrected chi connectivity index (χ3v) is 2.23. The second-order valence-corrected chi connectivity index (χ2v) is 3.34. The molecule has 76 valence electrons. The van der Waals surface area contributed by atoms with Gasteiger partial charge in [-0.25, -0.2) is 0 Å². The van der Waals surface area contributed by atoms with E-state index in [4.69, 9.17) is 21.4 Å². The predicted molar refractivity (Wildman–Crippen MR) is 57.7 cm³/mol. The first-order valence-electron chi connectivity index (χ1n) is 4.36. The molecule has 0 saturated heterocycles. The number of aliphatic hydroxyl groups excluding tert-OH is 1. The van der Waals surface area contributed by atoms with Gasteiger partial charge in [-0.1, -0.05) is 30.3 Å².